The van der Waals surface area contributed by atoms with Gasteiger partial charge in [0.25, 0.3) is 0 Å². The molecule has 0 unspecified atom stereocenters. The maximum absolute atomic E-state index is 4.62. The van der Waals surface area contributed by atoms with Crippen LogP contribution >= 0.6 is 26.4 Å². The molecule has 0 bridgehead atoms. The van der Waals surface area contributed by atoms with Gasteiger partial charge in [0.05, 0.1) is 29.3 Å². The minimum absolute atomic E-state index is 0. The SMILES string of the molecule is Br.C.CCCN1C=CN(Cc2ccccc2)[CH-]1.CCCn1cc[n+](Cc2ccccc2)c1.[Cl][Pt+].[Pt+2].[c-]1ccccc1-c1cccc(-c2ccccn2)n1.[c-]1ccccc1-c1cccc(-c2ccccn2)n1. The number of rotatable bonds is 12. The summed E-state index contributed by atoms with van der Waals surface area (Å²) in [6, 6.07) is 66.6. The summed E-state index contributed by atoms with van der Waals surface area (Å²) in [5.41, 5.74) is 10.0. The molecule has 0 saturated carbocycles. The van der Waals surface area contributed by atoms with Crippen LogP contribution in [0.2, 0.25) is 0 Å². The van der Waals surface area contributed by atoms with Gasteiger partial charge in [-0.15, -0.1) is 88.8 Å². The zero-order valence-electron chi connectivity index (χ0n) is 39.2. The summed E-state index contributed by atoms with van der Waals surface area (Å²) in [6.45, 7) is 10.7. The first-order chi connectivity index (χ1) is 33.6. The third-order valence-corrected chi connectivity index (χ3v) is 10.2. The molecule has 8 nitrogen and oxygen atoms in total. The first-order valence-corrected chi connectivity index (χ1v) is 25.5. The Bertz CT molecular complexity index is 2550. The van der Waals surface area contributed by atoms with Crippen LogP contribution in [-0.4, -0.2) is 40.8 Å². The smallest absolute Gasteiger partial charge is 0.295 e. The van der Waals surface area contributed by atoms with Crippen molar-refractivity contribution in [1.29, 1.82) is 0 Å². The Morgan fingerprint density at radius 2 is 1.00 bits per heavy atom. The van der Waals surface area contributed by atoms with Gasteiger partial charge in [-0.1, -0.05) is 118 Å². The molecule has 9 aromatic rings. The second-order valence-electron chi connectivity index (χ2n) is 15.4. The molecule has 10 rings (SSSR count). The number of pyridine rings is 4. The van der Waals surface area contributed by atoms with E-state index >= 15 is 0 Å². The molecule has 1 aliphatic heterocycles. The Morgan fingerprint density at radius 1 is 0.535 bits per heavy atom. The Balaban J connectivity index is 0.000000245. The number of aromatic nitrogens is 6. The van der Waals surface area contributed by atoms with Gasteiger partial charge in [0.1, 0.15) is 18.9 Å². The van der Waals surface area contributed by atoms with E-state index in [-0.39, 0.29) is 45.5 Å². The molecule has 0 radical (unpaired) electrons. The van der Waals surface area contributed by atoms with Gasteiger partial charge >= 0.3 is 49.3 Å². The summed E-state index contributed by atoms with van der Waals surface area (Å²) in [4.78, 5) is 22.3. The normalized spacial score (nSPS) is 10.7. The first-order valence-electron chi connectivity index (χ1n) is 22.6. The predicted octanol–water partition coefficient (Wildman–Crippen LogP) is 14.2. The van der Waals surface area contributed by atoms with E-state index in [1.165, 1.54) is 24.0 Å². The molecule has 4 aromatic carbocycles. The van der Waals surface area contributed by atoms with E-state index in [1.807, 2.05) is 121 Å². The number of imidazole rings is 1. The molecule has 1 aliphatic rings. The van der Waals surface area contributed by atoms with Gasteiger partial charge in [-0.3, -0.25) is 19.9 Å². The summed E-state index contributed by atoms with van der Waals surface area (Å²) < 4.78 is 4.44. The van der Waals surface area contributed by atoms with Gasteiger partial charge in [-0.2, -0.15) is 6.67 Å². The number of hydrogen-bond acceptors (Lipinski definition) is 6. The van der Waals surface area contributed by atoms with Crippen molar-refractivity contribution in [2.24, 2.45) is 0 Å². The minimum Gasteiger partial charge on any atom is -0.295 e. The van der Waals surface area contributed by atoms with Crippen molar-refractivity contribution in [1.82, 2.24) is 34.3 Å². The number of benzene rings is 4. The fourth-order valence-corrected chi connectivity index (χ4v) is 7.02. The van der Waals surface area contributed by atoms with E-state index in [2.05, 4.69) is 173 Å². The summed E-state index contributed by atoms with van der Waals surface area (Å²) in [5, 5.41) is 0. The topological polar surface area (TPSA) is 66.8 Å². The van der Waals surface area contributed by atoms with Gasteiger partial charge in [-0.05, 0) is 90.7 Å². The van der Waals surface area contributed by atoms with Gasteiger partial charge in [0.2, 0.25) is 6.33 Å². The molecule has 0 atom stereocenters. The summed E-state index contributed by atoms with van der Waals surface area (Å²) in [7, 11) is 4.61. The second-order valence-corrected chi connectivity index (χ2v) is 15.4. The van der Waals surface area contributed by atoms with Gasteiger partial charge in [-0.25, -0.2) is 9.13 Å². The van der Waals surface area contributed by atoms with Crippen molar-refractivity contribution in [3.05, 3.63) is 255 Å². The van der Waals surface area contributed by atoms with Gasteiger partial charge < -0.3 is 9.80 Å². The fraction of sp³-hybridized carbons (Fsp3) is 0.153. The Morgan fingerprint density at radius 3 is 1.48 bits per heavy atom. The van der Waals surface area contributed by atoms with Crippen LogP contribution in [0.1, 0.15) is 45.2 Å². The Labute approximate surface area is 462 Å². The van der Waals surface area contributed by atoms with Crippen molar-refractivity contribution in [3.63, 3.8) is 0 Å². The van der Waals surface area contributed by atoms with Crippen molar-refractivity contribution in [2.75, 3.05) is 6.54 Å². The van der Waals surface area contributed by atoms with Crippen molar-refractivity contribution in [3.8, 4) is 45.3 Å². The molecule has 12 heteroatoms. The quantitative estimate of drug-likeness (QED) is 0.0897. The zero-order chi connectivity index (χ0) is 47.4. The van der Waals surface area contributed by atoms with Crippen molar-refractivity contribution in [2.45, 2.75) is 53.8 Å². The van der Waals surface area contributed by atoms with E-state index in [9.17, 15) is 0 Å². The maximum atomic E-state index is 4.62. The molecule has 0 N–H and O–H groups in total. The minimum atomic E-state index is 0. The third-order valence-electron chi connectivity index (χ3n) is 10.2. The first kappa shape index (κ1) is 59.5. The van der Waals surface area contributed by atoms with Crippen molar-refractivity contribution < 1.29 is 44.4 Å². The molecule has 0 fully saturated rings. The van der Waals surface area contributed by atoms with Crippen LogP contribution in [0, 0.1) is 18.8 Å². The monoisotopic (exact) mass is 1390 g/mol. The molecule has 370 valence electrons. The molecule has 6 heterocycles. The average Bonchev–Trinajstić information content (AvgIpc) is 4.08. The van der Waals surface area contributed by atoms with Crippen LogP contribution in [-0.2, 0) is 59.5 Å². The zero-order valence-corrected chi connectivity index (χ0v) is 46.2. The molecular weight excluding hydrogens is 1330 g/mol. The molecule has 0 saturated heterocycles. The van der Waals surface area contributed by atoms with Crippen LogP contribution in [0.25, 0.3) is 45.3 Å². The number of aryl methyl sites for hydroxylation is 1. The molecular formula is C59H61BrClN8Pt2+. The van der Waals surface area contributed by atoms with Crippen LogP contribution < -0.4 is 4.57 Å². The molecule has 0 spiro atoms. The molecule has 71 heavy (non-hydrogen) atoms. The molecule has 0 aliphatic carbocycles. The molecule has 5 aromatic heterocycles. The Kier molecular flexibility index (Phi) is 28.9. The standard InChI is InChI=1S/2C16H11N2.2C13H17N2.CH4.BrH.ClH.2Pt/c2*1-2-7-13(8-3-1)14-10-6-11-16(18-14)15-9-4-5-12-17-15;2*1-2-8-14-9-10-15(12-14)11-13-6-4-3-5-7-13;;;;;/h2*1-7,9-12H;2*3-7,9-10,12H,2,8,11H2,1H3;1H4;2*1H;;/q3*-1;+1;;;;2*+2/p-1. The summed E-state index contributed by atoms with van der Waals surface area (Å²) >= 11 is 1.61. The Hall–Kier alpha value is -5.82. The summed E-state index contributed by atoms with van der Waals surface area (Å²) in [5.74, 6) is 0. The predicted molar refractivity (Wildman–Crippen MR) is 289 cm³/mol. The molecule has 0 amide bonds. The van der Waals surface area contributed by atoms with Gasteiger partial charge in [0, 0.05) is 18.9 Å². The second kappa shape index (κ2) is 34.5. The largest absolute Gasteiger partial charge is 2.00 e. The van der Waals surface area contributed by atoms with E-state index < -0.39 is 0 Å². The van der Waals surface area contributed by atoms with Gasteiger partial charge in [0.15, 0.2) is 0 Å². The van der Waals surface area contributed by atoms with Crippen LogP contribution in [0.5, 0.6) is 0 Å². The number of halogens is 2. The number of nitrogens with zero attached hydrogens (tertiary/aromatic N) is 8. The van der Waals surface area contributed by atoms with E-state index in [0.717, 1.165) is 71.5 Å². The van der Waals surface area contributed by atoms with Crippen molar-refractivity contribution >= 4 is 26.4 Å². The van der Waals surface area contributed by atoms with Crippen LogP contribution in [0.15, 0.2) is 226 Å². The van der Waals surface area contributed by atoms with E-state index in [4.69, 9.17) is 0 Å². The van der Waals surface area contributed by atoms with E-state index in [1.54, 1.807) is 31.2 Å². The van der Waals surface area contributed by atoms with Crippen LogP contribution in [0.4, 0.5) is 0 Å². The van der Waals surface area contributed by atoms with Crippen LogP contribution in [0.3, 0.4) is 0 Å². The van der Waals surface area contributed by atoms with E-state index in [0.29, 0.717) is 0 Å². The number of hydrogen-bond donors (Lipinski definition) is 0. The third kappa shape index (κ3) is 20.4. The summed E-state index contributed by atoms with van der Waals surface area (Å²) in [6.07, 6.45) is 16.6. The average molecular weight is 1390 g/mol. The maximum Gasteiger partial charge on any atom is 2.00 e. The fourth-order valence-electron chi connectivity index (χ4n) is 7.02.